The van der Waals surface area contributed by atoms with Crippen molar-refractivity contribution in [2.45, 2.75) is 32.2 Å². The fraction of sp³-hybridized carbons (Fsp3) is 0.778. The van der Waals surface area contributed by atoms with E-state index in [0.29, 0.717) is 19.5 Å². The lowest BCUT2D eigenvalue weighted by Gasteiger charge is -2.33. The van der Waals surface area contributed by atoms with E-state index >= 15 is 0 Å². The highest BCUT2D eigenvalue weighted by Gasteiger charge is 2.41. The van der Waals surface area contributed by atoms with E-state index in [0.717, 1.165) is 12.8 Å². The van der Waals surface area contributed by atoms with Crippen LogP contribution in [0.2, 0.25) is 0 Å². The lowest BCUT2D eigenvalue weighted by Crippen LogP contribution is -2.52. The first kappa shape index (κ1) is 8.53. The summed E-state index contributed by atoms with van der Waals surface area (Å²) in [5, 5.41) is 0. The first-order valence-electron chi connectivity index (χ1n) is 4.85. The molecule has 1 saturated carbocycles. The molecule has 2 rings (SSSR count). The summed E-state index contributed by atoms with van der Waals surface area (Å²) in [5.41, 5.74) is 0. The highest BCUT2D eigenvalue weighted by atomic mass is 16.2. The second-order valence-corrected chi connectivity index (χ2v) is 3.61. The van der Waals surface area contributed by atoms with Gasteiger partial charge in [0.05, 0.1) is 0 Å². The van der Waals surface area contributed by atoms with E-state index in [-0.39, 0.29) is 18.0 Å². The predicted molar refractivity (Wildman–Crippen MR) is 47.1 cm³/mol. The largest absolute Gasteiger partial charge is 0.326 e. The van der Waals surface area contributed by atoms with Gasteiger partial charge in [-0.2, -0.15) is 0 Å². The van der Waals surface area contributed by atoms with E-state index in [4.69, 9.17) is 0 Å². The Labute approximate surface area is 77.5 Å². The fourth-order valence-corrected chi connectivity index (χ4v) is 1.69. The molecule has 13 heavy (non-hydrogen) atoms. The number of hydrogen-bond acceptors (Lipinski definition) is 2. The Morgan fingerprint density at radius 1 is 1.38 bits per heavy atom. The lowest BCUT2D eigenvalue weighted by molar-refractivity contribution is -0.131. The van der Waals surface area contributed by atoms with Crippen LogP contribution in [0, 0.1) is 0 Å². The smallest absolute Gasteiger partial charge is 0.324 e. The SMILES string of the molecule is CCN1CCC(=O)N(C2CC2)C1=O. The van der Waals surface area contributed by atoms with Crippen LogP contribution in [-0.2, 0) is 4.79 Å². The maximum absolute atomic E-state index is 11.7. The molecular formula is C9H14N2O2. The Kier molecular flexibility index (Phi) is 1.98. The molecule has 0 unspecified atom stereocenters. The Morgan fingerprint density at radius 3 is 2.62 bits per heavy atom. The molecule has 2 aliphatic rings. The molecule has 0 spiro atoms. The average Bonchev–Trinajstić information content (AvgIpc) is 2.89. The fourth-order valence-electron chi connectivity index (χ4n) is 1.69. The number of carbonyl (C=O) groups is 2. The Balaban J connectivity index is 2.11. The molecule has 0 radical (unpaired) electrons. The number of urea groups is 1. The summed E-state index contributed by atoms with van der Waals surface area (Å²) in [6.07, 6.45) is 2.49. The number of rotatable bonds is 2. The highest BCUT2D eigenvalue weighted by molar-refractivity contribution is 5.97. The molecule has 1 saturated heterocycles. The van der Waals surface area contributed by atoms with Gasteiger partial charge in [-0.3, -0.25) is 9.69 Å². The first-order chi connectivity index (χ1) is 6.24. The molecule has 2 fully saturated rings. The molecule has 0 bridgehead atoms. The van der Waals surface area contributed by atoms with E-state index in [9.17, 15) is 9.59 Å². The molecule has 0 aromatic rings. The van der Waals surface area contributed by atoms with Gasteiger partial charge >= 0.3 is 6.03 Å². The third-order valence-corrected chi connectivity index (χ3v) is 2.63. The summed E-state index contributed by atoms with van der Waals surface area (Å²) in [5.74, 6) is 0.0113. The van der Waals surface area contributed by atoms with Crippen LogP contribution in [0.1, 0.15) is 26.2 Å². The molecule has 1 heterocycles. The number of imide groups is 1. The minimum absolute atomic E-state index is 0.0113. The monoisotopic (exact) mass is 182 g/mol. The molecule has 4 nitrogen and oxygen atoms in total. The summed E-state index contributed by atoms with van der Waals surface area (Å²) in [6, 6.07) is 0.135. The van der Waals surface area contributed by atoms with E-state index in [1.165, 1.54) is 4.90 Å². The maximum atomic E-state index is 11.7. The van der Waals surface area contributed by atoms with Crippen molar-refractivity contribution in [3.8, 4) is 0 Å². The molecule has 72 valence electrons. The van der Waals surface area contributed by atoms with Crippen LogP contribution in [0.5, 0.6) is 0 Å². The summed E-state index contributed by atoms with van der Waals surface area (Å²) in [6.45, 7) is 3.24. The quantitative estimate of drug-likeness (QED) is 0.634. The van der Waals surface area contributed by atoms with Crippen molar-refractivity contribution in [1.29, 1.82) is 0 Å². The molecule has 4 heteroatoms. The minimum Gasteiger partial charge on any atom is -0.324 e. The van der Waals surface area contributed by atoms with E-state index in [1.54, 1.807) is 4.90 Å². The van der Waals surface area contributed by atoms with Gasteiger partial charge < -0.3 is 4.90 Å². The van der Waals surface area contributed by atoms with Crippen molar-refractivity contribution in [2.24, 2.45) is 0 Å². The van der Waals surface area contributed by atoms with Crippen molar-refractivity contribution in [3.63, 3.8) is 0 Å². The first-order valence-corrected chi connectivity index (χ1v) is 4.85. The summed E-state index contributed by atoms with van der Waals surface area (Å²) in [7, 11) is 0. The van der Waals surface area contributed by atoms with Crippen molar-refractivity contribution in [2.75, 3.05) is 13.1 Å². The standard InChI is InChI=1S/C9H14N2O2/c1-2-10-6-5-8(12)11(9(10)13)7-3-4-7/h7H,2-6H2,1H3. The van der Waals surface area contributed by atoms with Gasteiger partial charge in [-0.15, -0.1) is 0 Å². The third kappa shape index (κ3) is 1.41. The molecule has 0 N–H and O–H groups in total. The van der Waals surface area contributed by atoms with Crippen molar-refractivity contribution in [1.82, 2.24) is 9.80 Å². The Hall–Kier alpha value is -1.06. The van der Waals surface area contributed by atoms with Crippen LogP contribution in [0.4, 0.5) is 4.79 Å². The predicted octanol–water partition coefficient (Wildman–Crippen LogP) is 0.823. The molecule has 0 aromatic carbocycles. The van der Waals surface area contributed by atoms with Crippen molar-refractivity contribution < 1.29 is 9.59 Å². The van der Waals surface area contributed by atoms with Gasteiger partial charge in [-0.05, 0) is 19.8 Å². The number of nitrogens with zero attached hydrogens (tertiary/aromatic N) is 2. The summed E-state index contributed by atoms with van der Waals surface area (Å²) < 4.78 is 0. The van der Waals surface area contributed by atoms with Gasteiger partial charge in [-0.25, -0.2) is 4.79 Å². The minimum atomic E-state index is -0.0822. The molecular weight excluding hydrogens is 168 g/mol. The average molecular weight is 182 g/mol. The van der Waals surface area contributed by atoms with Crippen LogP contribution in [-0.4, -0.2) is 40.9 Å². The third-order valence-electron chi connectivity index (χ3n) is 2.63. The number of hydrogen-bond donors (Lipinski definition) is 0. The molecule has 1 aliphatic carbocycles. The number of carbonyl (C=O) groups excluding carboxylic acids is 2. The zero-order chi connectivity index (χ0) is 9.42. The maximum Gasteiger partial charge on any atom is 0.326 e. The van der Waals surface area contributed by atoms with Gasteiger partial charge in [0.2, 0.25) is 5.91 Å². The molecule has 3 amide bonds. The molecule has 0 atom stereocenters. The Bertz CT molecular complexity index is 248. The molecule has 1 aliphatic heterocycles. The second-order valence-electron chi connectivity index (χ2n) is 3.61. The molecule has 0 aromatic heterocycles. The van der Waals surface area contributed by atoms with E-state index in [2.05, 4.69) is 0 Å². The van der Waals surface area contributed by atoms with Gasteiger partial charge in [0.25, 0.3) is 0 Å². The van der Waals surface area contributed by atoms with Crippen LogP contribution < -0.4 is 0 Å². The van der Waals surface area contributed by atoms with Crippen LogP contribution in [0.3, 0.4) is 0 Å². The van der Waals surface area contributed by atoms with E-state index < -0.39 is 0 Å². The van der Waals surface area contributed by atoms with Crippen molar-refractivity contribution >= 4 is 11.9 Å². The Morgan fingerprint density at radius 2 is 2.08 bits per heavy atom. The zero-order valence-electron chi connectivity index (χ0n) is 7.82. The van der Waals surface area contributed by atoms with E-state index in [1.807, 2.05) is 6.92 Å². The second kappa shape index (κ2) is 3.01. The van der Waals surface area contributed by atoms with Crippen LogP contribution in [0.25, 0.3) is 0 Å². The van der Waals surface area contributed by atoms with Crippen LogP contribution >= 0.6 is 0 Å². The van der Waals surface area contributed by atoms with Gasteiger partial charge in [-0.1, -0.05) is 0 Å². The van der Waals surface area contributed by atoms with Gasteiger partial charge in [0.1, 0.15) is 0 Å². The van der Waals surface area contributed by atoms with Crippen molar-refractivity contribution in [3.05, 3.63) is 0 Å². The van der Waals surface area contributed by atoms with Gasteiger partial charge in [0, 0.05) is 25.6 Å². The number of amides is 3. The van der Waals surface area contributed by atoms with Gasteiger partial charge in [0.15, 0.2) is 0 Å². The summed E-state index contributed by atoms with van der Waals surface area (Å²) >= 11 is 0. The zero-order valence-corrected chi connectivity index (χ0v) is 7.82. The topological polar surface area (TPSA) is 40.6 Å². The highest BCUT2D eigenvalue weighted by Crippen LogP contribution is 2.30. The van der Waals surface area contributed by atoms with Crippen LogP contribution in [0.15, 0.2) is 0 Å². The summed E-state index contributed by atoms with van der Waals surface area (Å²) in [4.78, 5) is 26.3. The normalized spacial score (nSPS) is 24.1. The lowest BCUT2D eigenvalue weighted by atomic mass is 10.2.